The average Bonchev–Trinajstić information content (AvgIpc) is 2.77. The summed E-state index contributed by atoms with van der Waals surface area (Å²) in [5.41, 5.74) is 1.31. The number of pyridine rings is 1. The lowest BCUT2D eigenvalue weighted by molar-refractivity contribution is 0.123. The molecule has 1 saturated heterocycles. The molecule has 0 spiro atoms. The van der Waals surface area contributed by atoms with Gasteiger partial charge in [0.15, 0.2) is 0 Å². The minimum absolute atomic E-state index is 0.149. The molecular weight excluding hydrogens is 271 g/mol. The maximum absolute atomic E-state index is 14.0. The summed E-state index contributed by atoms with van der Waals surface area (Å²) in [7, 11) is 0. The third kappa shape index (κ3) is 2.44. The minimum Gasteiger partial charge on any atom is -0.419 e. The first-order valence-corrected chi connectivity index (χ1v) is 7.13. The van der Waals surface area contributed by atoms with Crippen LogP contribution in [0.5, 0.6) is 0 Å². The van der Waals surface area contributed by atoms with Crippen LogP contribution in [0.2, 0.25) is 0 Å². The van der Waals surface area contributed by atoms with Gasteiger partial charge < -0.3 is 4.74 Å². The number of hydrogen-bond donors (Lipinski definition) is 0. The lowest BCUT2D eigenvalue weighted by Gasteiger charge is -2.28. The summed E-state index contributed by atoms with van der Waals surface area (Å²) < 4.78 is 18.9. The highest BCUT2D eigenvalue weighted by Gasteiger charge is 2.41. The van der Waals surface area contributed by atoms with E-state index in [0.29, 0.717) is 5.56 Å². The molecule has 0 saturated carbocycles. The molecule has 0 N–H and O–H groups in total. The number of carbonyl (C=O) groups is 1. The number of amides is 1. The standard InChI is InChI=1S/C16H17FN2O2/c1-2-21-16(20)19-11-5-3-6-12(14(19)9-8-11)13-7-4-10-18-15(13)17/h2,4,6-7,10-11,14H,1,3,5,8-9H2/t11-,14-/m1/s1. The van der Waals surface area contributed by atoms with Crippen LogP contribution in [-0.2, 0) is 4.74 Å². The van der Waals surface area contributed by atoms with Crippen molar-refractivity contribution < 1.29 is 13.9 Å². The Morgan fingerprint density at radius 2 is 2.33 bits per heavy atom. The molecule has 0 aliphatic carbocycles. The van der Waals surface area contributed by atoms with Crippen LogP contribution in [0.1, 0.15) is 31.2 Å². The predicted molar refractivity (Wildman–Crippen MR) is 76.7 cm³/mol. The quantitative estimate of drug-likeness (QED) is 0.618. The summed E-state index contributed by atoms with van der Waals surface area (Å²) in [5, 5.41) is 0. The van der Waals surface area contributed by atoms with Crippen LogP contribution < -0.4 is 0 Å². The van der Waals surface area contributed by atoms with E-state index in [1.165, 1.54) is 6.20 Å². The van der Waals surface area contributed by atoms with E-state index in [2.05, 4.69) is 11.6 Å². The van der Waals surface area contributed by atoms with E-state index >= 15 is 0 Å². The van der Waals surface area contributed by atoms with Gasteiger partial charge in [-0.05, 0) is 43.4 Å². The zero-order chi connectivity index (χ0) is 14.8. The van der Waals surface area contributed by atoms with Gasteiger partial charge in [-0.15, -0.1) is 0 Å². The molecule has 2 aliphatic rings. The second-order valence-corrected chi connectivity index (χ2v) is 5.28. The molecule has 3 rings (SSSR count). The van der Waals surface area contributed by atoms with Crippen molar-refractivity contribution in [2.45, 2.75) is 37.8 Å². The molecular formula is C16H17FN2O2. The van der Waals surface area contributed by atoms with E-state index in [-0.39, 0.29) is 12.1 Å². The fourth-order valence-corrected chi connectivity index (χ4v) is 3.34. The van der Waals surface area contributed by atoms with Crippen molar-refractivity contribution in [2.75, 3.05) is 0 Å². The number of fused-ring (bicyclic) bond motifs is 2. The van der Waals surface area contributed by atoms with Crippen LogP contribution in [0.25, 0.3) is 5.57 Å². The lowest BCUT2D eigenvalue weighted by atomic mass is 9.95. The number of aromatic nitrogens is 1. The second kappa shape index (κ2) is 5.68. The Morgan fingerprint density at radius 1 is 1.48 bits per heavy atom. The molecule has 110 valence electrons. The van der Waals surface area contributed by atoms with Gasteiger partial charge in [-0.3, -0.25) is 4.90 Å². The Kier molecular flexibility index (Phi) is 3.73. The van der Waals surface area contributed by atoms with E-state index in [4.69, 9.17) is 4.74 Å². The van der Waals surface area contributed by atoms with Crippen LogP contribution in [-0.4, -0.2) is 28.1 Å². The minimum atomic E-state index is -0.494. The van der Waals surface area contributed by atoms with E-state index in [1.54, 1.807) is 17.0 Å². The monoisotopic (exact) mass is 288 g/mol. The predicted octanol–water partition coefficient (Wildman–Crippen LogP) is 3.51. The maximum Gasteiger partial charge on any atom is 0.415 e. The first-order chi connectivity index (χ1) is 10.2. The molecule has 1 amide bonds. The molecule has 2 aliphatic heterocycles. The number of hydrogen-bond acceptors (Lipinski definition) is 3. The van der Waals surface area contributed by atoms with E-state index in [9.17, 15) is 9.18 Å². The molecule has 0 aromatic carbocycles. The van der Waals surface area contributed by atoms with Gasteiger partial charge in [0.2, 0.25) is 5.95 Å². The zero-order valence-corrected chi connectivity index (χ0v) is 11.7. The number of ether oxygens (including phenoxy) is 1. The van der Waals surface area contributed by atoms with Crippen molar-refractivity contribution >= 4 is 11.7 Å². The molecule has 1 aromatic rings. The Morgan fingerprint density at radius 3 is 3.10 bits per heavy atom. The largest absolute Gasteiger partial charge is 0.419 e. The van der Waals surface area contributed by atoms with Crippen molar-refractivity contribution in [3.63, 3.8) is 0 Å². The van der Waals surface area contributed by atoms with Gasteiger partial charge in [0.1, 0.15) is 0 Å². The highest BCUT2D eigenvalue weighted by atomic mass is 19.1. The normalized spacial score (nSPS) is 24.2. The molecule has 1 fully saturated rings. The highest BCUT2D eigenvalue weighted by Crippen LogP contribution is 2.39. The highest BCUT2D eigenvalue weighted by molar-refractivity contribution is 5.78. The van der Waals surface area contributed by atoms with Crippen LogP contribution in [0, 0.1) is 5.95 Å². The van der Waals surface area contributed by atoms with Gasteiger partial charge in [-0.2, -0.15) is 4.39 Å². The van der Waals surface area contributed by atoms with Crippen LogP contribution >= 0.6 is 0 Å². The SMILES string of the molecule is C=COC(=O)N1[C@@H]2CCC=C(c3cccnc3F)[C@H]1CC2. The fourth-order valence-electron chi connectivity index (χ4n) is 3.34. The number of allylic oxidation sites excluding steroid dienone is 1. The van der Waals surface area contributed by atoms with Gasteiger partial charge in [-0.1, -0.05) is 12.7 Å². The number of nitrogens with zero attached hydrogens (tertiary/aromatic N) is 2. The van der Waals surface area contributed by atoms with Crippen molar-refractivity contribution in [1.82, 2.24) is 9.88 Å². The summed E-state index contributed by atoms with van der Waals surface area (Å²) in [6.45, 7) is 3.43. The third-order valence-corrected chi connectivity index (χ3v) is 4.19. The van der Waals surface area contributed by atoms with Crippen molar-refractivity contribution in [2.24, 2.45) is 0 Å². The van der Waals surface area contributed by atoms with Gasteiger partial charge >= 0.3 is 6.09 Å². The van der Waals surface area contributed by atoms with Crippen LogP contribution in [0.3, 0.4) is 0 Å². The molecule has 0 radical (unpaired) electrons. The van der Waals surface area contributed by atoms with E-state index in [1.807, 2.05) is 6.08 Å². The average molecular weight is 288 g/mol. The first-order valence-electron chi connectivity index (χ1n) is 7.13. The van der Waals surface area contributed by atoms with Gasteiger partial charge in [0, 0.05) is 17.8 Å². The lowest BCUT2D eigenvalue weighted by Crippen LogP contribution is -2.40. The summed E-state index contributed by atoms with van der Waals surface area (Å²) in [6.07, 6.45) is 7.61. The van der Waals surface area contributed by atoms with Crippen molar-refractivity contribution in [3.8, 4) is 0 Å². The first kappa shape index (κ1) is 13.8. The Hall–Kier alpha value is -2.17. The molecule has 2 atom stereocenters. The fraction of sp³-hybridized carbons (Fsp3) is 0.375. The molecule has 21 heavy (non-hydrogen) atoms. The van der Waals surface area contributed by atoms with Crippen LogP contribution in [0.4, 0.5) is 9.18 Å². The summed E-state index contributed by atoms with van der Waals surface area (Å²) in [4.78, 5) is 17.6. The second-order valence-electron chi connectivity index (χ2n) is 5.28. The summed E-state index contributed by atoms with van der Waals surface area (Å²) in [6, 6.07) is 3.42. The number of halogens is 1. The smallest absolute Gasteiger partial charge is 0.415 e. The van der Waals surface area contributed by atoms with Gasteiger partial charge in [0.25, 0.3) is 0 Å². The Labute approximate surface area is 122 Å². The molecule has 3 heterocycles. The summed E-state index contributed by atoms with van der Waals surface area (Å²) in [5.74, 6) is -0.494. The third-order valence-electron chi connectivity index (χ3n) is 4.19. The molecule has 2 bridgehead atoms. The molecule has 1 aromatic heterocycles. The molecule has 4 nitrogen and oxygen atoms in total. The maximum atomic E-state index is 14.0. The van der Waals surface area contributed by atoms with Gasteiger partial charge in [-0.25, -0.2) is 9.78 Å². The Balaban J connectivity index is 1.98. The van der Waals surface area contributed by atoms with E-state index < -0.39 is 12.0 Å². The zero-order valence-electron chi connectivity index (χ0n) is 11.7. The molecule has 0 unspecified atom stereocenters. The van der Waals surface area contributed by atoms with Crippen LogP contribution in [0.15, 0.2) is 37.2 Å². The van der Waals surface area contributed by atoms with Crippen molar-refractivity contribution in [3.05, 3.63) is 48.8 Å². The number of carbonyl (C=O) groups excluding carboxylic acids is 1. The Bertz CT molecular complexity index is 600. The number of rotatable bonds is 2. The topological polar surface area (TPSA) is 42.4 Å². The molecule has 5 heteroatoms. The summed E-state index contributed by atoms with van der Waals surface area (Å²) >= 11 is 0. The van der Waals surface area contributed by atoms with Crippen molar-refractivity contribution in [1.29, 1.82) is 0 Å². The van der Waals surface area contributed by atoms with E-state index in [0.717, 1.165) is 37.5 Å². The van der Waals surface area contributed by atoms with Gasteiger partial charge in [0.05, 0.1) is 12.3 Å².